The third-order valence-electron chi connectivity index (χ3n) is 3.64. The predicted molar refractivity (Wildman–Crippen MR) is 97.3 cm³/mol. The van der Waals surface area contributed by atoms with Gasteiger partial charge in [-0.15, -0.1) is 0 Å². The molecule has 7 heteroatoms. The number of rotatable bonds is 8. The monoisotopic (exact) mass is 373 g/mol. The topological polar surface area (TPSA) is 81.7 Å². The molecule has 1 N–H and O–H groups in total. The number of halogens is 1. The van der Waals surface area contributed by atoms with E-state index in [-0.39, 0.29) is 23.8 Å². The van der Waals surface area contributed by atoms with Crippen molar-refractivity contribution < 1.29 is 28.2 Å². The first-order chi connectivity index (χ1) is 12.9. The van der Waals surface area contributed by atoms with Gasteiger partial charge < -0.3 is 14.8 Å². The fraction of sp³-hybridized carbons (Fsp3) is 0.250. The van der Waals surface area contributed by atoms with Crippen LogP contribution in [0.1, 0.15) is 29.8 Å². The van der Waals surface area contributed by atoms with Crippen molar-refractivity contribution in [3.8, 4) is 5.75 Å². The molecule has 0 radical (unpaired) electrons. The predicted octanol–water partition coefficient (Wildman–Crippen LogP) is 3.15. The van der Waals surface area contributed by atoms with Crippen LogP contribution in [0, 0.1) is 5.82 Å². The average molecular weight is 373 g/mol. The van der Waals surface area contributed by atoms with Crippen molar-refractivity contribution in [2.75, 3.05) is 18.5 Å². The molecule has 27 heavy (non-hydrogen) atoms. The number of ether oxygens (including phenoxy) is 2. The molecule has 0 saturated carbocycles. The molecule has 1 amide bonds. The standard InChI is InChI=1S/C20H20FNO5/c1-3-14-4-7-16(8-5-14)26-12-20(25)27-11-19(24)17-9-6-15(10-18(17)21)22-13(2)23/h4-10H,3,11-12H2,1-2H3,(H,22,23). The average Bonchev–Trinajstić information content (AvgIpc) is 2.64. The van der Waals surface area contributed by atoms with E-state index < -0.39 is 24.2 Å². The van der Waals surface area contributed by atoms with Crippen LogP contribution < -0.4 is 10.1 Å². The fourth-order valence-electron chi connectivity index (χ4n) is 2.25. The van der Waals surface area contributed by atoms with Crippen LogP contribution in [-0.4, -0.2) is 30.9 Å². The number of hydrogen-bond acceptors (Lipinski definition) is 5. The summed E-state index contributed by atoms with van der Waals surface area (Å²) in [5.41, 5.74) is 1.14. The van der Waals surface area contributed by atoms with E-state index in [2.05, 4.69) is 5.32 Å². The molecule has 0 aliphatic carbocycles. The minimum Gasteiger partial charge on any atom is -0.482 e. The Bertz CT molecular complexity index is 833. The molecule has 0 aliphatic heterocycles. The largest absolute Gasteiger partial charge is 0.482 e. The van der Waals surface area contributed by atoms with Crippen molar-refractivity contribution in [2.45, 2.75) is 20.3 Å². The number of hydrogen-bond donors (Lipinski definition) is 1. The number of carbonyl (C=O) groups is 3. The molecular weight excluding hydrogens is 353 g/mol. The van der Waals surface area contributed by atoms with Crippen LogP contribution in [-0.2, 0) is 20.7 Å². The number of nitrogens with one attached hydrogen (secondary N) is 1. The summed E-state index contributed by atoms with van der Waals surface area (Å²) in [7, 11) is 0. The van der Waals surface area contributed by atoms with E-state index in [9.17, 15) is 18.8 Å². The minimum atomic E-state index is -0.811. The molecule has 0 aromatic heterocycles. The van der Waals surface area contributed by atoms with Gasteiger partial charge in [0, 0.05) is 12.6 Å². The molecule has 2 aromatic carbocycles. The van der Waals surface area contributed by atoms with Gasteiger partial charge in [-0.1, -0.05) is 19.1 Å². The van der Waals surface area contributed by atoms with Gasteiger partial charge in [-0.25, -0.2) is 9.18 Å². The molecule has 0 heterocycles. The van der Waals surface area contributed by atoms with Crippen LogP contribution in [0.15, 0.2) is 42.5 Å². The summed E-state index contributed by atoms with van der Waals surface area (Å²) >= 11 is 0. The van der Waals surface area contributed by atoms with Crippen LogP contribution in [0.25, 0.3) is 0 Å². The maximum absolute atomic E-state index is 14.0. The van der Waals surface area contributed by atoms with Crippen molar-refractivity contribution in [1.82, 2.24) is 0 Å². The Morgan fingerprint density at radius 3 is 2.33 bits per heavy atom. The van der Waals surface area contributed by atoms with E-state index in [1.807, 2.05) is 19.1 Å². The fourth-order valence-corrected chi connectivity index (χ4v) is 2.25. The van der Waals surface area contributed by atoms with Crippen LogP contribution in [0.5, 0.6) is 5.75 Å². The lowest BCUT2D eigenvalue weighted by atomic mass is 10.1. The Morgan fingerprint density at radius 2 is 1.74 bits per heavy atom. The Labute approximate surface area is 156 Å². The molecule has 0 unspecified atom stereocenters. The number of carbonyl (C=O) groups excluding carboxylic acids is 3. The zero-order valence-electron chi connectivity index (χ0n) is 15.1. The van der Waals surface area contributed by atoms with Crippen molar-refractivity contribution in [1.29, 1.82) is 0 Å². The molecule has 2 rings (SSSR count). The number of amides is 1. The second-order valence-corrected chi connectivity index (χ2v) is 5.75. The number of esters is 1. The third kappa shape index (κ3) is 6.22. The summed E-state index contributed by atoms with van der Waals surface area (Å²) in [6, 6.07) is 10.9. The summed E-state index contributed by atoms with van der Waals surface area (Å²) in [6.07, 6.45) is 0.896. The first-order valence-corrected chi connectivity index (χ1v) is 8.36. The number of aryl methyl sites for hydroxylation is 1. The van der Waals surface area contributed by atoms with Gasteiger partial charge in [-0.2, -0.15) is 0 Å². The van der Waals surface area contributed by atoms with Crippen molar-refractivity contribution in [2.24, 2.45) is 0 Å². The molecule has 0 aliphatic rings. The Hall–Kier alpha value is -3.22. The van der Waals surface area contributed by atoms with Gasteiger partial charge in [-0.3, -0.25) is 9.59 Å². The zero-order valence-corrected chi connectivity index (χ0v) is 15.1. The first kappa shape index (κ1) is 20.1. The number of anilines is 1. The Morgan fingerprint density at radius 1 is 1.04 bits per heavy atom. The molecule has 142 valence electrons. The molecule has 2 aromatic rings. The summed E-state index contributed by atoms with van der Waals surface area (Å²) in [5, 5.41) is 2.41. The van der Waals surface area contributed by atoms with Gasteiger partial charge in [0.05, 0.1) is 5.56 Å². The van der Waals surface area contributed by atoms with Crippen molar-refractivity contribution in [3.63, 3.8) is 0 Å². The molecule has 0 bridgehead atoms. The van der Waals surface area contributed by atoms with Crippen LogP contribution in [0.2, 0.25) is 0 Å². The number of ketones is 1. The van der Waals surface area contributed by atoms with Gasteiger partial charge in [0.1, 0.15) is 11.6 Å². The zero-order chi connectivity index (χ0) is 19.8. The van der Waals surface area contributed by atoms with E-state index in [1.165, 1.54) is 19.1 Å². The van der Waals surface area contributed by atoms with Gasteiger partial charge in [0.15, 0.2) is 13.2 Å². The van der Waals surface area contributed by atoms with E-state index in [0.29, 0.717) is 5.75 Å². The highest BCUT2D eigenvalue weighted by molar-refractivity contribution is 5.99. The van der Waals surface area contributed by atoms with Gasteiger partial charge >= 0.3 is 5.97 Å². The van der Waals surface area contributed by atoms with Crippen LogP contribution in [0.4, 0.5) is 10.1 Å². The smallest absolute Gasteiger partial charge is 0.344 e. The minimum absolute atomic E-state index is 0.229. The van der Waals surface area contributed by atoms with E-state index in [0.717, 1.165) is 18.1 Å². The summed E-state index contributed by atoms with van der Waals surface area (Å²) < 4.78 is 24.1. The van der Waals surface area contributed by atoms with Gasteiger partial charge in [0.25, 0.3) is 0 Å². The lowest BCUT2D eigenvalue weighted by molar-refractivity contribution is -0.144. The van der Waals surface area contributed by atoms with Crippen molar-refractivity contribution in [3.05, 3.63) is 59.4 Å². The van der Waals surface area contributed by atoms with Gasteiger partial charge in [0.2, 0.25) is 11.7 Å². The van der Waals surface area contributed by atoms with Gasteiger partial charge in [-0.05, 0) is 42.3 Å². The molecule has 6 nitrogen and oxygen atoms in total. The lowest BCUT2D eigenvalue weighted by Crippen LogP contribution is -2.20. The lowest BCUT2D eigenvalue weighted by Gasteiger charge is -2.08. The quantitative estimate of drug-likeness (QED) is 0.568. The van der Waals surface area contributed by atoms with E-state index in [1.54, 1.807) is 12.1 Å². The summed E-state index contributed by atoms with van der Waals surface area (Å²) in [4.78, 5) is 34.6. The SMILES string of the molecule is CCc1ccc(OCC(=O)OCC(=O)c2ccc(NC(C)=O)cc2F)cc1. The summed E-state index contributed by atoms with van der Waals surface area (Å²) in [6.45, 7) is 2.35. The van der Waals surface area contributed by atoms with Crippen LogP contribution in [0.3, 0.4) is 0 Å². The number of benzene rings is 2. The second-order valence-electron chi connectivity index (χ2n) is 5.75. The second kappa shape index (κ2) is 9.47. The maximum atomic E-state index is 14.0. The first-order valence-electron chi connectivity index (χ1n) is 8.36. The van der Waals surface area contributed by atoms with E-state index in [4.69, 9.17) is 9.47 Å². The number of Topliss-reactive ketones (excluding diaryl/α,β-unsaturated/α-hetero) is 1. The molecule has 0 spiro atoms. The highest BCUT2D eigenvalue weighted by Crippen LogP contribution is 2.16. The highest BCUT2D eigenvalue weighted by atomic mass is 19.1. The highest BCUT2D eigenvalue weighted by Gasteiger charge is 2.15. The Kier molecular flexibility index (Phi) is 7.05. The van der Waals surface area contributed by atoms with Crippen molar-refractivity contribution >= 4 is 23.3 Å². The molecule has 0 atom stereocenters. The molecule has 0 fully saturated rings. The maximum Gasteiger partial charge on any atom is 0.344 e. The summed E-state index contributed by atoms with van der Waals surface area (Å²) in [5.74, 6) is -2.09. The normalized spacial score (nSPS) is 10.2. The molecular formula is C20H20FNO5. The Balaban J connectivity index is 1.83. The third-order valence-corrected chi connectivity index (χ3v) is 3.64. The van der Waals surface area contributed by atoms with Crippen LogP contribution >= 0.6 is 0 Å². The van der Waals surface area contributed by atoms with E-state index >= 15 is 0 Å². The molecule has 0 saturated heterocycles.